The molecule has 0 unspecified atom stereocenters. The maximum absolute atomic E-state index is 12.0. The van der Waals surface area contributed by atoms with Crippen molar-refractivity contribution in [1.82, 2.24) is 15.3 Å². The number of nitrogens with one attached hydrogen (secondary N) is 1. The fourth-order valence-corrected chi connectivity index (χ4v) is 2.35. The molecule has 9 heteroatoms. The van der Waals surface area contributed by atoms with E-state index in [9.17, 15) is 9.59 Å². The lowest BCUT2D eigenvalue weighted by molar-refractivity contribution is -0.146. The predicted octanol–water partition coefficient (Wildman–Crippen LogP) is 0.437. The molecule has 0 aliphatic heterocycles. The number of ether oxygens (including phenoxy) is 1. The van der Waals surface area contributed by atoms with Gasteiger partial charge in [-0.15, -0.1) is 0 Å². The Labute approximate surface area is 133 Å². The summed E-state index contributed by atoms with van der Waals surface area (Å²) in [5.41, 5.74) is 11.1. The van der Waals surface area contributed by atoms with Gasteiger partial charge < -0.3 is 21.5 Å². The lowest BCUT2D eigenvalue weighted by Gasteiger charge is -2.21. The number of aromatic nitrogens is 2. The topological polar surface area (TPSA) is 133 Å². The van der Waals surface area contributed by atoms with Crippen molar-refractivity contribution in [3.8, 4) is 0 Å². The molecule has 0 spiro atoms. The van der Waals surface area contributed by atoms with Crippen LogP contribution >= 0.6 is 11.8 Å². The summed E-state index contributed by atoms with van der Waals surface area (Å²) in [4.78, 5) is 31.6. The van der Waals surface area contributed by atoms with E-state index in [-0.39, 0.29) is 29.2 Å². The van der Waals surface area contributed by atoms with Crippen molar-refractivity contribution < 1.29 is 14.3 Å². The molecule has 0 radical (unpaired) electrons. The van der Waals surface area contributed by atoms with E-state index >= 15 is 0 Å². The zero-order chi connectivity index (χ0) is 16.7. The minimum Gasteiger partial charge on any atom is -0.467 e. The molecule has 0 fully saturated rings. The third-order valence-corrected chi connectivity index (χ3v) is 3.91. The van der Waals surface area contributed by atoms with Gasteiger partial charge in [0.1, 0.15) is 17.7 Å². The molecule has 2 atom stereocenters. The number of methoxy groups -OCH3 is 1. The Morgan fingerprint density at radius 3 is 2.45 bits per heavy atom. The fraction of sp³-hybridized carbons (Fsp3) is 0.538. The van der Waals surface area contributed by atoms with Crippen LogP contribution in [0, 0.1) is 5.92 Å². The summed E-state index contributed by atoms with van der Waals surface area (Å²) in [6, 6.07) is 0.760. The van der Waals surface area contributed by atoms with Gasteiger partial charge in [0.15, 0.2) is 5.16 Å². The minimum atomic E-state index is -0.671. The van der Waals surface area contributed by atoms with Gasteiger partial charge in [-0.1, -0.05) is 32.0 Å². The Bertz CT molecular complexity index is 520. The van der Waals surface area contributed by atoms with Crippen molar-refractivity contribution in [2.45, 2.75) is 31.5 Å². The van der Waals surface area contributed by atoms with Gasteiger partial charge in [-0.25, -0.2) is 14.8 Å². The van der Waals surface area contributed by atoms with Gasteiger partial charge >= 0.3 is 5.97 Å². The number of nitrogen functional groups attached to an aromatic ring is 2. The van der Waals surface area contributed by atoms with E-state index in [1.54, 1.807) is 0 Å². The molecule has 1 heterocycles. The number of nitrogens with two attached hydrogens (primary N) is 2. The lowest BCUT2D eigenvalue weighted by Crippen LogP contribution is -2.46. The fourth-order valence-electron chi connectivity index (χ4n) is 1.67. The molecule has 1 amide bonds. The van der Waals surface area contributed by atoms with Crippen molar-refractivity contribution in [2.24, 2.45) is 5.92 Å². The Morgan fingerprint density at radius 2 is 1.95 bits per heavy atom. The number of carbonyl (C=O) groups excluding carboxylic acids is 2. The monoisotopic (exact) mass is 327 g/mol. The number of thioether (sulfide) groups is 1. The summed E-state index contributed by atoms with van der Waals surface area (Å²) >= 11 is 1.09. The van der Waals surface area contributed by atoms with Crippen LogP contribution < -0.4 is 16.8 Å². The first-order valence-electron chi connectivity index (χ1n) is 6.77. The van der Waals surface area contributed by atoms with Crippen LogP contribution in [0.5, 0.6) is 0 Å². The second kappa shape index (κ2) is 8.42. The first-order valence-corrected chi connectivity index (χ1v) is 7.76. The van der Waals surface area contributed by atoms with Crippen molar-refractivity contribution in [1.29, 1.82) is 0 Å². The van der Waals surface area contributed by atoms with E-state index in [1.807, 2.05) is 13.8 Å². The molecule has 0 saturated heterocycles. The second-order valence-electron chi connectivity index (χ2n) is 4.74. The molecule has 0 aromatic carbocycles. The number of hydrogen-bond donors (Lipinski definition) is 3. The van der Waals surface area contributed by atoms with Gasteiger partial charge in [0.05, 0.1) is 12.9 Å². The number of hydrogen-bond acceptors (Lipinski definition) is 8. The van der Waals surface area contributed by atoms with Crippen molar-refractivity contribution in [2.75, 3.05) is 24.3 Å². The summed E-state index contributed by atoms with van der Waals surface area (Å²) in [5.74, 6) is -0.277. The number of nitrogens with zero attached hydrogens (tertiary/aromatic N) is 2. The van der Waals surface area contributed by atoms with Crippen LogP contribution in [0.4, 0.5) is 11.6 Å². The Hall–Kier alpha value is -2.03. The summed E-state index contributed by atoms with van der Waals surface area (Å²) < 4.78 is 4.71. The minimum absolute atomic E-state index is 0.0272. The van der Waals surface area contributed by atoms with E-state index in [0.29, 0.717) is 5.16 Å². The van der Waals surface area contributed by atoms with Gasteiger partial charge in [-0.2, -0.15) is 0 Å². The molecule has 22 heavy (non-hydrogen) atoms. The summed E-state index contributed by atoms with van der Waals surface area (Å²) in [6.07, 6.45) is 0.738. The highest BCUT2D eigenvalue weighted by Gasteiger charge is 2.26. The van der Waals surface area contributed by atoms with Crippen LogP contribution in [-0.2, 0) is 14.3 Å². The number of amides is 1. The van der Waals surface area contributed by atoms with Crippen molar-refractivity contribution in [3.63, 3.8) is 0 Å². The third-order valence-electron chi connectivity index (χ3n) is 3.06. The molecular formula is C13H21N5O3S. The molecule has 0 bridgehead atoms. The lowest BCUT2D eigenvalue weighted by atomic mass is 9.99. The molecule has 5 N–H and O–H groups in total. The predicted molar refractivity (Wildman–Crippen MR) is 85.0 cm³/mol. The van der Waals surface area contributed by atoms with Crippen LogP contribution in [-0.4, -0.2) is 40.7 Å². The molecule has 0 saturated carbocycles. The molecule has 122 valence electrons. The number of carbonyl (C=O) groups is 2. The SMILES string of the molecule is CC[C@H](C)[C@@H](NC(=O)CSc1nc(N)cc(N)n1)C(=O)OC. The number of rotatable bonds is 7. The zero-order valence-corrected chi connectivity index (χ0v) is 13.6. The smallest absolute Gasteiger partial charge is 0.328 e. The van der Waals surface area contributed by atoms with Gasteiger partial charge in [0.2, 0.25) is 5.91 Å². The first-order chi connectivity index (χ1) is 10.4. The zero-order valence-electron chi connectivity index (χ0n) is 12.8. The van der Waals surface area contributed by atoms with Gasteiger partial charge in [-0.3, -0.25) is 4.79 Å². The van der Waals surface area contributed by atoms with Crippen LogP contribution in [0.25, 0.3) is 0 Å². The Morgan fingerprint density at radius 1 is 1.36 bits per heavy atom. The van der Waals surface area contributed by atoms with Crippen LogP contribution in [0.1, 0.15) is 20.3 Å². The largest absolute Gasteiger partial charge is 0.467 e. The first kappa shape index (κ1) is 18.0. The molecule has 1 aromatic heterocycles. The molecule has 0 aliphatic carbocycles. The number of anilines is 2. The highest BCUT2D eigenvalue weighted by atomic mass is 32.2. The standard InChI is InChI=1S/C13H21N5O3S/c1-4-7(2)11(12(20)21-3)18-10(19)6-22-13-16-8(14)5-9(15)17-13/h5,7,11H,4,6H2,1-3H3,(H,18,19)(H4,14,15,16,17)/t7-,11+/m0/s1. The normalized spacial score (nSPS) is 13.2. The summed E-state index contributed by atoms with van der Waals surface area (Å²) in [7, 11) is 1.29. The highest BCUT2D eigenvalue weighted by Crippen LogP contribution is 2.16. The maximum atomic E-state index is 12.0. The average molecular weight is 327 g/mol. The van der Waals surface area contributed by atoms with Crippen molar-refractivity contribution in [3.05, 3.63) is 6.07 Å². The Kier molecular flexibility index (Phi) is 6.90. The molecule has 1 aromatic rings. The average Bonchev–Trinajstić information content (AvgIpc) is 2.48. The quantitative estimate of drug-likeness (QED) is 0.373. The van der Waals surface area contributed by atoms with E-state index in [2.05, 4.69) is 15.3 Å². The van der Waals surface area contributed by atoms with E-state index in [0.717, 1.165) is 18.2 Å². The summed E-state index contributed by atoms with van der Waals surface area (Å²) in [5, 5.41) is 2.98. The van der Waals surface area contributed by atoms with Crippen molar-refractivity contribution >= 4 is 35.3 Å². The Balaban J connectivity index is 2.62. The van der Waals surface area contributed by atoms with Gasteiger partial charge in [0.25, 0.3) is 0 Å². The van der Waals surface area contributed by atoms with Gasteiger partial charge in [-0.05, 0) is 5.92 Å². The molecular weight excluding hydrogens is 306 g/mol. The molecule has 0 aliphatic rings. The van der Waals surface area contributed by atoms with E-state index in [4.69, 9.17) is 16.2 Å². The van der Waals surface area contributed by atoms with Crippen LogP contribution in [0.3, 0.4) is 0 Å². The number of esters is 1. The second-order valence-corrected chi connectivity index (χ2v) is 5.69. The highest BCUT2D eigenvalue weighted by molar-refractivity contribution is 7.99. The summed E-state index contributed by atoms with van der Waals surface area (Å²) in [6.45, 7) is 3.81. The third kappa shape index (κ3) is 5.40. The van der Waals surface area contributed by atoms with Gasteiger partial charge in [0, 0.05) is 6.07 Å². The van der Waals surface area contributed by atoms with Crippen LogP contribution in [0.15, 0.2) is 11.2 Å². The molecule has 1 rings (SSSR count). The van der Waals surface area contributed by atoms with E-state index < -0.39 is 12.0 Å². The maximum Gasteiger partial charge on any atom is 0.328 e. The molecule has 8 nitrogen and oxygen atoms in total. The van der Waals surface area contributed by atoms with E-state index in [1.165, 1.54) is 13.2 Å². The van der Waals surface area contributed by atoms with Crippen LogP contribution in [0.2, 0.25) is 0 Å².